The van der Waals surface area contributed by atoms with Gasteiger partial charge >= 0.3 is 0 Å². The molecule has 98 valence electrons. The third kappa shape index (κ3) is 2.69. The molecule has 1 heterocycles. The van der Waals surface area contributed by atoms with E-state index in [1.807, 2.05) is 0 Å². The number of ether oxygens (including phenoxy) is 1. The number of morpholine rings is 1. The van der Waals surface area contributed by atoms with Crippen LogP contribution in [0.2, 0.25) is 0 Å². The molecule has 1 aliphatic heterocycles. The second-order valence-electron chi connectivity index (χ2n) is 3.94. The zero-order valence-electron chi connectivity index (χ0n) is 9.65. The number of hydrogen-bond acceptors (Lipinski definition) is 4. The monoisotopic (exact) mass is 286 g/mol. The fourth-order valence-electron chi connectivity index (χ4n) is 1.76. The third-order valence-electron chi connectivity index (χ3n) is 2.73. The number of benzene rings is 1. The number of hydrogen-bond donors (Lipinski definition) is 1. The Kier molecular flexibility index (Phi) is 3.96. The van der Waals surface area contributed by atoms with Crippen molar-refractivity contribution in [1.29, 1.82) is 0 Å². The van der Waals surface area contributed by atoms with Gasteiger partial charge in [0.2, 0.25) is 10.0 Å². The summed E-state index contributed by atoms with van der Waals surface area (Å²) in [7, 11) is -3.49. The van der Waals surface area contributed by atoms with E-state index in [1.165, 1.54) is 4.31 Å². The largest absolute Gasteiger partial charge is 0.391 e. The molecule has 1 fully saturated rings. The van der Waals surface area contributed by atoms with Gasteiger partial charge < -0.3 is 10.5 Å². The van der Waals surface area contributed by atoms with Crippen molar-refractivity contribution in [3.8, 4) is 0 Å². The molecule has 5 nitrogen and oxygen atoms in total. The first kappa shape index (κ1) is 13.4. The topological polar surface area (TPSA) is 72.6 Å². The van der Waals surface area contributed by atoms with Gasteiger partial charge in [-0.1, -0.05) is 30.4 Å². The lowest BCUT2D eigenvalue weighted by molar-refractivity contribution is 0.0386. The molecule has 0 aromatic heterocycles. The minimum absolute atomic E-state index is 0.173. The van der Waals surface area contributed by atoms with Crippen LogP contribution in [0.25, 0.3) is 0 Å². The van der Waals surface area contributed by atoms with Gasteiger partial charge in [0, 0.05) is 13.1 Å². The molecule has 1 atom stereocenters. The smallest absolute Gasteiger partial charge is 0.243 e. The van der Waals surface area contributed by atoms with Crippen molar-refractivity contribution in [3.63, 3.8) is 0 Å². The Morgan fingerprint density at radius 2 is 2.06 bits per heavy atom. The number of nitrogens with two attached hydrogens (primary N) is 1. The first-order valence-corrected chi connectivity index (χ1v) is 7.33. The van der Waals surface area contributed by atoms with Crippen molar-refractivity contribution >= 4 is 27.2 Å². The van der Waals surface area contributed by atoms with E-state index < -0.39 is 16.1 Å². The van der Waals surface area contributed by atoms with Crippen LogP contribution >= 0.6 is 12.2 Å². The van der Waals surface area contributed by atoms with Crippen LogP contribution in [-0.4, -0.2) is 43.5 Å². The summed E-state index contributed by atoms with van der Waals surface area (Å²) in [5.41, 5.74) is 5.50. The van der Waals surface area contributed by atoms with E-state index in [9.17, 15) is 8.42 Å². The van der Waals surface area contributed by atoms with E-state index in [-0.39, 0.29) is 16.4 Å². The zero-order chi connectivity index (χ0) is 13.2. The summed E-state index contributed by atoms with van der Waals surface area (Å²) < 4.78 is 31.4. The first-order chi connectivity index (χ1) is 8.51. The Bertz CT molecular complexity index is 530. The molecule has 0 aliphatic carbocycles. The lowest BCUT2D eigenvalue weighted by Gasteiger charge is -2.31. The maximum absolute atomic E-state index is 12.3. The molecule has 18 heavy (non-hydrogen) atoms. The van der Waals surface area contributed by atoms with Crippen LogP contribution in [0.15, 0.2) is 35.2 Å². The van der Waals surface area contributed by atoms with E-state index in [2.05, 4.69) is 0 Å². The minimum atomic E-state index is -3.49. The molecular weight excluding hydrogens is 272 g/mol. The molecule has 1 saturated heterocycles. The lowest BCUT2D eigenvalue weighted by atomic mass is 10.3. The minimum Gasteiger partial charge on any atom is -0.391 e. The molecule has 0 saturated carbocycles. The molecule has 1 aliphatic rings. The van der Waals surface area contributed by atoms with E-state index in [4.69, 9.17) is 22.7 Å². The van der Waals surface area contributed by atoms with Gasteiger partial charge in [-0.3, -0.25) is 0 Å². The number of rotatable bonds is 3. The molecule has 0 radical (unpaired) electrons. The van der Waals surface area contributed by atoms with Crippen LogP contribution in [0.3, 0.4) is 0 Å². The Labute approximate surface area is 112 Å². The van der Waals surface area contributed by atoms with Crippen LogP contribution < -0.4 is 5.73 Å². The van der Waals surface area contributed by atoms with E-state index in [0.29, 0.717) is 13.2 Å². The van der Waals surface area contributed by atoms with Gasteiger partial charge in [0.15, 0.2) is 0 Å². The molecule has 1 aromatic rings. The van der Waals surface area contributed by atoms with Crippen molar-refractivity contribution in [1.82, 2.24) is 4.31 Å². The van der Waals surface area contributed by atoms with Gasteiger partial charge in [-0.25, -0.2) is 8.42 Å². The zero-order valence-corrected chi connectivity index (χ0v) is 11.3. The number of nitrogens with zero attached hydrogens (tertiary/aromatic N) is 1. The van der Waals surface area contributed by atoms with E-state index >= 15 is 0 Å². The van der Waals surface area contributed by atoms with Gasteiger partial charge in [-0.15, -0.1) is 0 Å². The van der Waals surface area contributed by atoms with Crippen LogP contribution in [0.4, 0.5) is 0 Å². The highest BCUT2D eigenvalue weighted by Gasteiger charge is 2.31. The molecule has 1 aromatic carbocycles. The van der Waals surface area contributed by atoms with Crippen molar-refractivity contribution in [2.75, 3.05) is 19.7 Å². The summed E-state index contributed by atoms with van der Waals surface area (Å²) in [5.74, 6) is 0. The molecule has 0 spiro atoms. The Hall–Kier alpha value is -1.02. The molecule has 0 amide bonds. The van der Waals surface area contributed by atoms with Crippen LogP contribution in [0.5, 0.6) is 0 Å². The summed E-state index contributed by atoms with van der Waals surface area (Å²) in [6.45, 7) is 0.789. The number of sulfonamides is 1. The van der Waals surface area contributed by atoms with Crippen molar-refractivity contribution in [2.24, 2.45) is 5.73 Å². The fourth-order valence-corrected chi connectivity index (χ4v) is 3.35. The molecular formula is C11H14N2O3S2. The summed E-state index contributed by atoms with van der Waals surface area (Å²) in [6.07, 6.45) is -0.507. The SMILES string of the molecule is NC(=S)C1CN(S(=O)(=O)c2ccccc2)CCO1. The molecule has 2 rings (SSSR count). The maximum atomic E-state index is 12.3. The Morgan fingerprint density at radius 1 is 1.39 bits per heavy atom. The second-order valence-corrected chi connectivity index (χ2v) is 6.35. The van der Waals surface area contributed by atoms with E-state index in [0.717, 1.165) is 0 Å². The highest BCUT2D eigenvalue weighted by atomic mass is 32.2. The molecule has 2 N–H and O–H groups in total. The van der Waals surface area contributed by atoms with Gasteiger partial charge in [0.25, 0.3) is 0 Å². The Balaban J connectivity index is 2.23. The second kappa shape index (κ2) is 5.31. The van der Waals surface area contributed by atoms with E-state index in [1.54, 1.807) is 30.3 Å². The van der Waals surface area contributed by atoms with Gasteiger partial charge in [0.1, 0.15) is 11.1 Å². The number of thiocarbonyl (C=S) groups is 1. The predicted molar refractivity (Wildman–Crippen MR) is 71.7 cm³/mol. The average Bonchev–Trinajstić information content (AvgIpc) is 2.40. The summed E-state index contributed by atoms with van der Waals surface area (Å²) in [4.78, 5) is 0.455. The molecule has 1 unspecified atom stereocenters. The third-order valence-corrected chi connectivity index (χ3v) is 4.87. The fraction of sp³-hybridized carbons (Fsp3) is 0.364. The highest BCUT2D eigenvalue weighted by Crippen LogP contribution is 2.18. The van der Waals surface area contributed by atoms with Crippen LogP contribution in [0.1, 0.15) is 0 Å². The highest BCUT2D eigenvalue weighted by molar-refractivity contribution is 7.89. The Morgan fingerprint density at radius 3 is 2.67 bits per heavy atom. The van der Waals surface area contributed by atoms with Crippen molar-refractivity contribution in [2.45, 2.75) is 11.0 Å². The van der Waals surface area contributed by atoms with Gasteiger partial charge in [-0.05, 0) is 12.1 Å². The molecule has 0 bridgehead atoms. The maximum Gasteiger partial charge on any atom is 0.243 e. The molecule has 7 heteroatoms. The predicted octanol–water partition coefficient (Wildman–Crippen LogP) is 0.362. The quantitative estimate of drug-likeness (QED) is 0.812. The van der Waals surface area contributed by atoms with Crippen molar-refractivity contribution in [3.05, 3.63) is 30.3 Å². The summed E-state index contributed by atoms with van der Waals surface area (Å²) in [5, 5.41) is 0. The van der Waals surface area contributed by atoms with Crippen LogP contribution in [-0.2, 0) is 14.8 Å². The van der Waals surface area contributed by atoms with Crippen LogP contribution in [0, 0.1) is 0 Å². The average molecular weight is 286 g/mol. The van der Waals surface area contributed by atoms with Gasteiger partial charge in [-0.2, -0.15) is 4.31 Å². The summed E-state index contributed by atoms with van der Waals surface area (Å²) >= 11 is 4.84. The van der Waals surface area contributed by atoms with Crippen molar-refractivity contribution < 1.29 is 13.2 Å². The normalized spacial score (nSPS) is 21.7. The van der Waals surface area contributed by atoms with Gasteiger partial charge in [0.05, 0.1) is 11.5 Å². The first-order valence-electron chi connectivity index (χ1n) is 5.48. The standard InChI is InChI=1S/C11H14N2O3S2/c12-11(17)10-8-13(6-7-16-10)18(14,15)9-4-2-1-3-5-9/h1-5,10H,6-8H2,(H2,12,17). The summed E-state index contributed by atoms with van der Waals surface area (Å²) in [6, 6.07) is 8.30. The lowest BCUT2D eigenvalue weighted by Crippen LogP contribution is -2.49.